The fraction of sp³-hybridized carbons (Fsp3) is 0.750. The van der Waals surface area contributed by atoms with Crippen molar-refractivity contribution < 1.29 is 5.11 Å². The maximum atomic E-state index is 10.9. The van der Waals surface area contributed by atoms with Crippen LogP contribution in [0.5, 0.6) is 0 Å². The van der Waals surface area contributed by atoms with E-state index in [1.807, 2.05) is 16.4 Å². The topological polar surface area (TPSA) is 38.0 Å². The summed E-state index contributed by atoms with van der Waals surface area (Å²) in [6, 6.07) is 0. The van der Waals surface area contributed by atoms with Gasteiger partial charge in [-0.05, 0) is 25.0 Å². The second-order valence-electron chi connectivity index (χ2n) is 4.61. The molecule has 1 N–H and O–H groups in total. The molecular formula is C12H19ClN2OS. The summed E-state index contributed by atoms with van der Waals surface area (Å²) in [5.74, 6) is 1.11. The lowest BCUT2D eigenvalue weighted by molar-refractivity contribution is 0.0165. The molecule has 1 fully saturated rings. The first-order valence-corrected chi connectivity index (χ1v) is 7.58. The van der Waals surface area contributed by atoms with Crippen molar-refractivity contribution in [3.05, 3.63) is 16.9 Å². The summed E-state index contributed by atoms with van der Waals surface area (Å²) in [5.41, 5.74) is -0.0215. The van der Waals surface area contributed by atoms with Crippen molar-refractivity contribution in [1.29, 1.82) is 0 Å². The molecule has 0 aliphatic carbocycles. The number of hydrogen-bond donors (Lipinski definition) is 1. The number of nitrogens with zero attached hydrogens (tertiary/aromatic N) is 2. The fourth-order valence-electron chi connectivity index (χ4n) is 2.43. The van der Waals surface area contributed by atoms with Crippen LogP contribution in [-0.2, 0) is 12.1 Å². The van der Waals surface area contributed by atoms with Gasteiger partial charge in [-0.3, -0.25) is 4.68 Å². The Hall–Kier alpha value is -0.190. The summed E-state index contributed by atoms with van der Waals surface area (Å²) in [4.78, 5) is 0. The molecule has 1 aliphatic rings. The molecule has 0 amide bonds. The number of aromatic nitrogens is 2. The number of rotatable bonds is 3. The molecule has 96 valence electrons. The van der Waals surface area contributed by atoms with Gasteiger partial charge in [0.2, 0.25) is 0 Å². The number of thioether (sulfide) groups is 1. The van der Waals surface area contributed by atoms with E-state index < -0.39 is 5.60 Å². The molecule has 0 aromatic carbocycles. The van der Waals surface area contributed by atoms with Crippen LogP contribution in [0.25, 0.3) is 0 Å². The van der Waals surface area contributed by atoms with Crippen LogP contribution in [0.2, 0.25) is 5.02 Å². The van der Waals surface area contributed by atoms with Crippen molar-refractivity contribution in [2.75, 3.05) is 5.75 Å². The predicted octanol–water partition coefficient (Wildman–Crippen LogP) is 3.05. The quantitative estimate of drug-likeness (QED) is 0.921. The lowest BCUT2D eigenvalue weighted by Gasteiger charge is -2.38. The van der Waals surface area contributed by atoms with Crippen LogP contribution in [0, 0.1) is 0 Å². The molecule has 2 heterocycles. The first-order chi connectivity index (χ1) is 8.09. The highest BCUT2D eigenvalue weighted by Gasteiger charge is 2.42. The summed E-state index contributed by atoms with van der Waals surface area (Å²) in [5, 5.41) is 16.0. The van der Waals surface area contributed by atoms with E-state index in [9.17, 15) is 5.11 Å². The van der Waals surface area contributed by atoms with E-state index in [0.29, 0.717) is 5.02 Å². The summed E-state index contributed by atoms with van der Waals surface area (Å²) >= 11 is 8.03. The third-order valence-corrected chi connectivity index (χ3v) is 5.07. The average Bonchev–Trinajstić information content (AvgIpc) is 2.65. The summed E-state index contributed by atoms with van der Waals surface area (Å²) in [6.07, 6.45) is 4.44. The van der Waals surface area contributed by atoms with Gasteiger partial charge in [-0.25, -0.2) is 0 Å². The van der Waals surface area contributed by atoms with Crippen molar-refractivity contribution >= 4 is 23.4 Å². The van der Waals surface area contributed by atoms with E-state index in [0.717, 1.165) is 37.3 Å². The van der Waals surface area contributed by atoms with Crippen LogP contribution in [0.1, 0.15) is 38.8 Å². The van der Waals surface area contributed by atoms with Crippen LogP contribution >= 0.6 is 23.4 Å². The lowest BCUT2D eigenvalue weighted by Crippen LogP contribution is -2.41. The smallest absolute Gasteiger partial charge is 0.119 e. The Morgan fingerprint density at radius 1 is 1.71 bits per heavy atom. The Morgan fingerprint density at radius 3 is 3.12 bits per heavy atom. The molecule has 5 heteroatoms. The van der Waals surface area contributed by atoms with Gasteiger partial charge in [0.25, 0.3) is 0 Å². The summed E-state index contributed by atoms with van der Waals surface area (Å²) in [6.45, 7) is 4.98. The largest absolute Gasteiger partial charge is 0.382 e. The third kappa shape index (κ3) is 2.35. The van der Waals surface area contributed by atoms with Gasteiger partial charge in [-0.2, -0.15) is 16.9 Å². The lowest BCUT2D eigenvalue weighted by atomic mass is 9.90. The van der Waals surface area contributed by atoms with Gasteiger partial charge in [-0.15, -0.1) is 0 Å². The molecule has 0 spiro atoms. The van der Waals surface area contributed by atoms with Crippen molar-refractivity contribution in [3.63, 3.8) is 0 Å². The number of aryl methyl sites for hydroxylation is 1. The number of aliphatic hydroxyl groups is 1. The molecule has 17 heavy (non-hydrogen) atoms. The summed E-state index contributed by atoms with van der Waals surface area (Å²) in [7, 11) is 0. The van der Waals surface area contributed by atoms with Crippen molar-refractivity contribution in [2.45, 2.75) is 50.5 Å². The molecule has 1 aromatic heterocycles. The minimum absolute atomic E-state index is 0.168. The minimum Gasteiger partial charge on any atom is -0.382 e. The van der Waals surface area contributed by atoms with E-state index in [1.54, 1.807) is 6.20 Å². The molecule has 1 saturated heterocycles. The average molecular weight is 275 g/mol. The fourth-order valence-corrected chi connectivity index (χ4v) is 3.90. The highest BCUT2D eigenvalue weighted by Crippen LogP contribution is 2.43. The number of halogens is 1. The highest BCUT2D eigenvalue weighted by molar-refractivity contribution is 8.00. The SMILES string of the molecule is CCCn1ncc(Cl)c1C1(O)CCCSC1C. The van der Waals surface area contributed by atoms with Gasteiger partial charge in [0.1, 0.15) is 5.60 Å². The maximum absolute atomic E-state index is 10.9. The molecular weight excluding hydrogens is 256 g/mol. The van der Waals surface area contributed by atoms with Gasteiger partial charge in [0, 0.05) is 11.8 Å². The Morgan fingerprint density at radius 2 is 2.47 bits per heavy atom. The monoisotopic (exact) mass is 274 g/mol. The maximum Gasteiger partial charge on any atom is 0.119 e. The zero-order valence-electron chi connectivity index (χ0n) is 10.3. The van der Waals surface area contributed by atoms with Crippen LogP contribution in [0.3, 0.4) is 0 Å². The van der Waals surface area contributed by atoms with E-state index >= 15 is 0 Å². The first-order valence-electron chi connectivity index (χ1n) is 6.15. The van der Waals surface area contributed by atoms with Crippen molar-refractivity contribution in [2.24, 2.45) is 0 Å². The standard InChI is InChI=1S/C12H19ClN2OS/c1-3-6-15-11(10(13)8-14-15)12(16)5-4-7-17-9(12)2/h8-9,16H,3-7H2,1-2H3. The van der Waals surface area contributed by atoms with E-state index in [-0.39, 0.29) is 5.25 Å². The Balaban J connectivity index is 2.39. The second kappa shape index (κ2) is 5.21. The second-order valence-corrected chi connectivity index (χ2v) is 6.46. The number of hydrogen-bond acceptors (Lipinski definition) is 3. The first kappa shape index (κ1) is 13.2. The third-order valence-electron chi connectivity index (χ3n) is 3.38. The molecule has 1 aliphatic heterocycles. The molecule has 0 bridgehead atoms. The van der Waals surface area contributed by atoms with Gasteiger partial charge in [-0.1, -0.05) is 25.4 Å². The van der Waals surface area contributed by atoms with Crippen LogP contribution in [-0.4, -0.2) is 25.9 Å². The normalized spacial score (nSPS) is 29.5. The molecule has 3 nitrogen and oxygen atoms in total. The van der Waals surface area contributed by atoms with Crippen LogP contribution in [0.15, 0.2) is 6.20 Å². The molecule has 1 aromatic rings. The molecule has 0 saturated carbocycles. The van der Waals surface area contributed by atoms with E-state index in [1.165, 1.54) is 0 Å². The zero-order chi connectivity index (χ0) is 12.5. The Bertz CT molecular complexity index is 396. The van der Waals surface area contributed by atoms with Gasteiger partial charge in [0.15, 0.2) is 0 Å². The van der Waals surface area contributed by atoms with Gasteiger partial charge < -0.3 is 5.11 Å². The molecule has 2 atom stereocenters. The van der Waals surface area contributed by atoms with Crippen LogP contribution < -0.4 is 0 Å². The molecule has 2 rings (SSSR count). The van der Waals surface area contributed by atoms with Crippen LogP contribution in [0.4, 0.5) is 0 Å². The van der Waals surface area contributed by atoms with Gasteiger partial charge in [0.05, 0.1) is 16.9 Å². The molecule has 2 unspecified atom stereocenters. The Kier molecular flexibility index (Phi) is 4.06. The minimum atomic E-state index is -0.828. The Labute approximate surface area is 112 Å². The summed E-state index contributed by atoms with van der Waals surface area (Å²) < 4.78 is 1.87. The highest BCUT2D eigenvalue weighted by atomic mass is 35.5. The van der Waals surface area contributed by atoms with E-state index in [2.05, 4.69) is 18.9 Å². The molecule has 0 radical (unpaired) electrons. The van der Waals surface area contributed by atoms with Crippen molar-refractivity contribution in [1.82, 2.24) is 9.78 Å². The zero-order valence-corrected chi connectivity index (χ0v) is 11.9. The van der Waals surface area contributed by atoms with Crippen molar-refractivity contribution in [3.8, 4) is 0 Å². The van der Waals surface area contributed by atoms with E-state index in [4.69, 9.17) is 11.6 Å². The predicted molar refractivity (Wildman–Crippen MR) is 72.6 cm³/mol. The van der Waals surface area contributed by atoms with Gasteiger partial charge >= 0.3 is 0 Å².